The predicted molar refractivity (Wildman–Crippen MR) is 110 cm³/mol. The van der Waals surface area contributed by atoms with E-state index in [0.29, 0.717) is 5.69 Å². The van der Waals surface area contributed by atoms with Gasteiger partial charge in [0.1, 0.15) is 0 Å². The molecular formula is C20H17N5O3S. The number of hydrogen-bond acceptors (Lipinski definition) is 5. The van der Waals surface area contributed by atoms with Crippen LogP contribution in [0.4, 0.5) is 11.5 Å². The van der Waals surface area contributed by atoms with Crippen LogP contribution in [-0.4, -0.2) is 29.7 Å². The Morgan fingerprint density at radius 2 is 1.66 bits per heavy atom. The maximum absolute atomic E-state index is 12.7. The fourth-order valence-corrected chi connectivity index (χ4v) is 3.89. The van der Waals surface area contributed by atoms with E-state index in [1.807, 2.05) is 43.3 Å². The van der Waals surface area contributed by atoms with Crippen molar-refractivity contribution in [2.45, 2.75) is 11.8 Å². The number of hydrogen-bond donors (Lipinski definition) is 3. The summed E-state index contributed by atoms with van der Waals surface area (Å²) in [5.41, 5.74) is 1.36. The molecular weight excluding hydrogens is 390 g/mol. The van der Waals surface area contributed by atoms with Crippen LogP contribution in [-0.2, 0) is 10.0 Å². The summed E-state index contributed by atoms with van der Waals surface area (Å²) in [7, 11) is -3.92. The first-order chi connectivity index (χ1) is 13.9. The second-order valence-corrected chi connectivity index (χ2v) is 8.10. The second-order valence-electron chi connectivity index (χ2n) is 6.42. The molecule has 0 aliphatic carbocycles. The van der Waals surface area contributed by atoms with Crippen LogP contribution in [0.2, 0.25) is 0 Å². The normalized spacial score (nSPS) is 11.3. The van der Waals surface area contributed by atoms with Crippen molar-refractivity contribution >= 4 is 38.2 Å². The predicted octanol–water partition coefficient (Wildman–Crippen LogP) is 3.32. The molecule has 0 unspecified atom stereocenters. The van der Waals surface area contributed by atoms with Crippen molar-refractivity contribution in [3.05, 3.63) is 78.0 Å². The zero-order valence-corrected chi connectivity index (χ0v) is 16.2. The number of anilines is 2. The lowest BCUT2D eigenvalue weighted by atomic mass is 10.1. The topological polar surface area (TPSA) is 117 Å². The molecule has 3 N–H and O–H groups in total. The number of benzene rings is 3. The molecule has 1 heterocycles. The van der Waals surface area contributed by atoms with Crippen molar-refractivity contribution in [2.24, 2.45) is 0 Å². The summed E-state index contributed by atoms with van der Waals surface area (Å²) in [6, 6.07) is 19.4. The standard InChI is InChI=1S/C20H17N5O3S/c1-13-9-11-15(12-10-13)29(27,28)24-19-18(22-25-23-19)20(26)21-17-8-4-6-14-5-2-3-7-16(14)17/h2-12H,1H3,(H,21,26)(H2,22,23,24,25). The van der Waals surface area contributed by atoms with E-state index in [2.05, 4.69) is 25.4 Å². The molecule has 4 rings (SSSR count). The van der Waals surface area contributed by atoms with E-state index >= 15 is 0 Å². The Hall–Kier alpha value is -3.72. The number of nitrogens with one attached hydrogen (secondary N) is 3. The second kappa shape index (κ2) is 7.36. The average Bonchev–Trinajstić information content (AvgIpc) is 3.16. The first-order valence-electron chi connectivity index (χ1n) is 8.73. The number of nitrogens with zero attached hydrogens (tertiary/aromatic N) is 2. The van der Waals surface area contributed by atoms with Crippen LogP contribution in [0.1, 0.15) is 16.1 Å². The Balaban J connectivity index is 1.60. The molecule has 146 valence electrons. The van der Waals surface area contributed by atoms with E-state index in [4.69, 9.17) is 0 Å². The summed E-state index contributed by atoms with van der Waals surface area (Å²) in [4.78, 5) is 12.8. The molecule has 0 saturated carbocycles. The molecule has 0 atom stereocenters. The smallest absolute Gasteiger partial charge is 0.280 e. The first-order valence-corrected chi connectivity index (χ1v) is 10.2. The third-order valence-corrected chi connectivity index (χ3v) is 5.72. The van der Waals surface area contributed by atoms with Crippen LogP contribution in [0.3, 0.4) is 0 Å². The molecule has 3 aromatic carbocycles. The molecule has 0 radical (unpaired) electrons. The number of carbonyl (C=O) groups is 1. The van der Waals surface area contributed by atoms with E-state index in [9.17, 15) is 13.2 Å². The fraction of sp³-hybridized carbons (Fsp3) is 0.0500. The van der Waals surface area contributed by atoms with E-state index in [1.165, 1.54) is 12.1 Å². The van der Waals surface area contributed by atoms with Gasteiger partial charge in [0.2, 0.25) is 0 Å². The van der Waals surface area contributed by atoms with E-state index in [1.54, 1.807) is 18.2 Å². The quantitative estimate of drug-likeness (QED) is 0.469. The third kappa shape index (κ3) is 3.81. The SMILES string of the molecule is Cc1ccc(S(=O)(=O)Nc2n[nH]nc2C(=O)Nc2cccc3ccccc23)cc1. The van der Waals surface area contributed by atoms with Gasteiger partial charge >= 0.3 is 0 Å². The number of aromatic amines is 1. The highest BCUT2D eigenvalue weighted by Crippen LogP contribution is 2.24. The maximum Gasteiger partial charge on any atom is 0.280 e. The minimum atomic E-state index is -3.92. The number of amides is 1. The van der Waals surface area contributed by atoms with Crippen LogP contribution >= 0.6 is 0 Å². The molecule has 0 saturated heterocycles. The molecule has 1 amide bonds. The number of sulfonamides is 1. The zero-order chi connectivity index (χ0) is 20.4. The minimum Gasteiger partial charge on any atom is -0.320 e. The summed E-state index contributed by atoms with van der Waals surface area (Å²) in [5, 5.41) is 14.5. The van der Waals surface area contributed by atoms with Crippen LogP contribution in [0.5, 0.6) is 0 Å². The summed E-state index contributed by atoms with van der Waals surface area (Å²) >= 11 is 0. The molecule has 0 fully saturated rings. The number of H-pyrrole nitrogens is 1. The summed E-state index contributed by atoms with van der Waals surface area (Å²) < 4.78 is 27.5. The Morgan fingerprint density at radius 1 is 0.931 bits per heavy atom. The lowest BCUT2D eigenvalue weighted by Gasteiger charge is -2.09. The van der Waals surface area contributed by atoms with Crippen molar-refractivity contribution in [3.8, 4) is 0 Å². The van der Waals surface area contributed by atoms with Gasteiger partial charge in [-0.15, -0.1) is 10.2 Å². The maximum atomic E-state index is 12.7. The highest BCUT2D eigenvalue weighted by molar-refractivity contribution is 7.92. The summed E-state index contributed by atoms with van der Waals surface area (Å²) in [5.74, 6) is -0.764. The van der Waals surface area contributed by atoms with Gasteiger partial charge in [-0.2, -0.15) is 5.21 Å². The van der Waals surface area contributed by atoms with Crippen molar-refractivity contribution in [3.63, 3.8) is 0 Å². The number of aryl methyl sites for hydroxylation is 1. The average molecular weight is 407 g/mol. The van der Waals surface area contributed by atoms with Crippen LogP contribution in [0, 0.1) is 6.92 Å². The lowest BCUT2D eigenvalue weighted by Crippen LogP contribution is -2.19. The van der Waals surface area contributed by atoms with Crippen molar-refractivity contribution in [1.82, 2.24) is 15.4 Å². The highest BCUT2D eigenvalue weighted by atomic mass is 32.2. The third-order valence-electron chi connectivity index (χ3n) is 4.36. The largest absolute Gasteiger partial charge is 0.320 e. The van der Waals surface area contributed by atoms with Gasteiger partial charge in [0.15, 0.2) is 11.5 Å². The van der Waals surface area contributed by atoms with Gasteiger partial charge in [-0.1, -0.05) is 54.1 Å². The Morgan fingerprint density at radius 3 is 2.45 bits per heavy atom. The summed E-state index contributed by atoms with van der Waals surface area (Å²) in [6.45, 7) is 1.86. The number of fused-ring (bicyclic) bond motifs is 1. The van der Waals surface area contributed by atoms with Gasteiger partial charge in [0, 0.05) is 11.1 Å². The van der Waals surface area contributed by atoms with Crippen LogP contribution in [0.15, 0.2) is 71.6 Å². The Kier molecular flexibility index (Phi) is 4.73. The molecule has 0 aliphatic heterocycles. The van der Waals surface area contributed by atoms with E-state index in [-0.39, 0.29) is 16.4 Å². The van der Waals surface area contributed by atoms with Crippen LogP contribution in [0.25, 0.3) is 10.8 Å². The molecule has 0 aliphatic rings. The van der Waals surface area contributed by atoms with E-state index in [0.717, 1.165) is 16.3 Å². The lowest BCUT2D eigenvalue weighted by molar-refractivity contribution is 0.102. The molecule has 1 aromatic heterocycles. The summed E-state index contributed by atoms with van der Waals surface area (Å²) in [6.07, 6.45) is 0. The van der Waals surface area contributed by atoms with Gasteiger partial charge in [-0.05, 0) is 30.5 Å². The van der Waals surface area contributed by atoms with Crippen molar-refractivity contribution in [2.75, 3.05) is 10.0 Å². The molecule has 9 heteroatoms. The van der Waals surface area contributed by atoms with Gasteiger partial charge in [0.25, 0.3) is 15.9 Å². The number of carbonyl (C=O) groups excluding carboxylic acids is 1. The zero-order valence-electron chi connectivity index (χ0n) is 15.4. The Bertz CT molecular complexity index is 1290. The van der Waals surface area contributed by atoms with Gasteiger partial charge in [-0.25, -0.2) is 8.42 Å². The molecule has 0 spiro atoms. The number of aromatic nitrogens is 3. The monoisotopic (exact) mass is 407 g/mol. The van der Waals surface area contributed by atoms with Gasteiger partial charge in [0.05, 0.1) is 4.90 Å². The first kappa shape index (κ1) is 18.6. The highest BCUT2D eigenvalue weighted by Gasteiger charge is 2.23. The minimum absolute atomic E-state index is 0.0616. The van der Waals surface area contributed by atoms with Crippen molar-refractivity contribution < 1.29 is 13.2 Å². The number of rotatable bonds is 5. The Labute approximate surface area is 167 Å². The van der Waals surface area contributed by atoms with Crippen molar-refractivity contribution in [1.29, 1.82) is 0 Å². The molecule has 29 heavy (non-hydrogen) atoms. The van der Waals surface area contributed by atoms with E-state index < -0.39 is 15.9 Å². The molecule has 8 nitrogen and oxygen atoms in total. The van der Waals surface area contributed by atoms with Crippen LogP contribution < -0.4 is 10.0 Å². The fourth-order valence-electron chi connectivity index (χ4n) is 2.88. The molecule has 0 bridgehead atoms. The van der Waals surface area contributed by atoms with Gasteiger partial charge < -0.3 is 5.32 Å². The molecule has 4 aromatic rings. The van der Waals surface area contributed by atoms with Gasteiger partial charge in [-0.3, -0.25) is 9.52 Å².